The molecule has 0 bridgehead atoms. The Kier molecular flexibility index (Phi) is 6.60. The summed E-state index contributed by atoms with van der Waals surface area (Å²) in [6, 6.07) is 25.0. The van der Waals surface area contributed by atoms with Crippen molar-refractivity contribution >= 4 is 18.0 Å². The number of nitrogens with zero attached hydrogens (tertiary/aromatic N) is 2. The molecule has 1 N–H and O–H groups in total. The van der Waals surface area contributed by atoms with Gasteiger partial charge in [0.15, 0.2) is 0 Å². The first-order chi connectivity index (χ1) is 17.9. The normalized spacial score (nSPS) is 14.4. The minimum absolute atomic E-state index is 0.145. The maximum absolute atomic E-state index is 13.8. The number of ether oxygens (including phenoxy) is 1. The van der Waals surface area contributed by atoms with Crippen molar-refractivity contribution in [2.24, 2.45) is 0 Å². The molecule has 0 unspecified atom stereocenters. The molecule has 4 aromatic rings. The first kappa shape index (κ1) is 24.1. The van der Waals surface area contributed by atoms with Gasteiger partial charge in [-0.15, -0.1) is 0 Å². The molecular weight excluding hydrogens is 469 g/mol. The number of imide groups is 1. The number of aromatic nitrogens is 1. The number of aryl methyl sites for hydroxylation is 1. The van der Waals surface area contributed by atoms with Crippen LogP contribution in [0.4, 0.5) is 9.18 Å². The van der Waals surface area contributed by atoms with Gasteiger partial charge in [0.05, 0.1) is 6.54 Å². The average Bonchev–Trinajstić information content (AvgIpc) is 3.33. The fourth-order valence-corrected chi connectivity index (χ4v) is 4.44. The van der Waals surface area contributed by atoms with Gasteiger partial charge in [0.25, 0.3) is 5.91 Å². The lowest BCUT2D eigenvalue weighted by molar-refractivity contribution is -0.123. The van der Waals surface area contributed by atoms with Crippen LogP contribution in [0.2, 0.25) is 0 Å². The van der Waals surface area contributed by atoms with Gasteiger partial charge in [-0.2, -0.15) is 0 Å². The second kappa shape index (κ2) is 10.1. The molecule has 1 aliphatic rings. The molecule has 0 saturated carbocycles. The molecule has 37 heavy (non-hydrogen) atoms. The lowest BCUT2D eigenvalue weighted by Gasteiger charge is -2.12. The molecule has 0 radical (unpaired) electrons. The van der Waals surface area contributed by atoms with Crippen LogP contribution in [0.5, 0.6) is 5.75 Å². The molecule has 0 atom stereocenters. The average molecular weight is 496 g/mol. The molecule has 1 fully saturated rings. The number of benzene rings is 3. The van der Waals surface area contributed by atoms with Crippen LogP contribution in [0, 0.1) is 19.7 Å². The zero-order valence-corrected chi connectivity index (χ0v) is 20.6. The van der Waals surface area contributed by atoms with Crippen molar-refractivity contribution in [1.29, 1.82) is 0 Å². The Hall–Kier alpha value is -4.65. The third-order valence-electron chi connectivity index (χ3n) is 6.36. The molecule has 0 aliphatic carbocycles. The van der Waals surface area contributed by atoms with E-state index in [2.05, 4.69) is 9.88 Å². The Morgan fingerprint density at radius 2 is 1.62 bits per heavy atom. The first-order valence-corrected chi connectivity index (χ1v) is 11.9. The molecular formula is C30H26FN3O3. The molecule has 3 amide bonds. The van der Waals surface area contributed by atoms with Gasteiger partial charge in [-0.1, -0.05) is 48.5 Å². The van der Waals surface area contributed by atoms with Crippen LogP contribution >= 0.6 is 0 Å². The van der Waals surface area contributed by atoms with Gasteiger partial charge in [-0.05, 0) is 67.4 Å². The highest BCUT2D eigenvalue weighted by molar-refractivity contribution is 6.14. The summed E-state index contributed by atoms with van der Waals surface area (Å²) >= 11 is 0. The van der Waals surface area contributed by atoms with Crippen molar-refractivity contribution in [3.63, 3.8) is 0 Å². The zero-order valence-electron chi connectivity index (χ0n) is 20.6. The van der Waals surface area contributed by atoms with Crippen molar-refractivity contribution in [2.75, 3.05) is 0 Å². The summed E-state index contributed by atoms with van der Waals surface area (Å²) in [4.78, 5) is 26.6. The smallest absolute Gasteiger partial charge is 0.329 e. The minimum Gasteiger partial charge on any atom is -0.489 e. The molecule has 1 aliphatic heterocycles. The predicted octanol–water partition coefficient (Wildman–Crippen LogP) is 5.91. The summed E-state index contributed by atoms with van der Waals surface area (Å²) in [6.45, 7) is 4.30. The molecule has 186 valence electrons. The maximum atomic E-state index is 13.8. The van der Waals surface area contributed by atoms with Gasteiger partial charge in [-0.25, -0.2) is 9.18 Å². The standard InChI is InChI=1S/C30H26FN3O3/c1-20-16-24(17-28-29(35)33(30(36)32-28)18-22-8-4-3-5-9-22)21(2)34(20)25-12-14-26(15-13-25)37-19-23-10-6-7-11-27(23)31/h3-17H,18-19H2,1-2H3,(H,32,36)/b28-17+. The van der Waals surface area contributed by atoms with E-state index in [0.717, 1.165) is 28.2 Å². The summed E-state index contributed by atoms with van der Waals surface area (Å²) in [5, 5.41) is 2.70. The van der Waals surface area contributed by atoms with E-state index in [-0.39, 0.29) is 30.6 Å². The van der Waals surface area contributed by atoms with Crippen LogP contribution < -0.4 is 10.1 Å². The van der Waals surface area contributed by atoms with E-state index in [4.69, 9.17) is 4.74 Å². The lowest BCUT2D eigenvalue weighted by Crippen LogP contribution is -2.30. The monoisotopic (exact) mass is 495 g/mol. The van der Waals surface area contributed by atoms with Gasteiger partial charge in [0.2, 0.25) is 0 Å². The van der Waals surface area contributed by atoms with Gasteiger partial charge in [-0.3, -0.25) is 9.69 Å². The number of carbonyl (C=O) groups is 2. The summed E-state index contributed by atoms with van der Waals surface area (Å²) in [5.41, 5.74) is 5.28. The summed E-state index contributed by atoms with van der Waals surface area (Å²) in [6.07, 6.45) is 1.72. The van der Waals surface area contributed by atoms with Crippen LogP contribution in [0.15, 0.2) is 90.6 Å². The van der Waals surface area contributed by atoms with E-state index in [1.54, 1.807) is 24.3 Å². The van der Waals surface area contributed by atoms with Crippen LogP contribution in [-0.4, -0.2) is 21.4 Å². The fourth-order valence-electron chi connectivity index (χ4n) is 4.44. The number of urea groups is 1. The highest BCUT2D eigenvalue weighted by atomic mass is 19.1. The predicted molar refractivity (Wildman–Crippen MR) is 139 cm³/mol. The van der Waals surface area contributed by atoms with Crippen molar-refractivity contribution in [2.45, 2.75) is 27.0 Å². The Morgan fingerprint density at radius 3 is 2.35 bits per heavy atom. The Bertz CT molecular complexity index is 1490. The molecule has 5 rings (SSSR count). The number of rotatable bonds is 7. The van der Waals surface area contributed by atoms with Crippen molar-refractivity contribution in [3.05, 3.63) is 125 Å². The van der Waals surface area contributed by atoms with Gasteiger partial charge >= 0.3 is 6.03 Å². The van der Waals surface area contributed by atoms with E-state index in [1.807, 2.05) is 74.5 Å². The number of carbonyl (C=O) groups excluding carboxylic acids is 2. The quantitative estimate of drug-likeness (QED) is 0.256. The van der Waals surface area contributed by atoms with E-state index in [0.29, 0.717) is 11.3 Å². The Balaban J connectivity index is 1.32. The topological polar surface area (TPSA) is 63.6 Å². The van der Waals surface area contributed by atoms with E-state index in [1.165, 1.54) is 11.0 Å². The van der Waals surface area contributed by atoms with Gasteiger partial charge < -0.3 is 14.6 Å². The third-order valence-corrected chi connectivity index (χ3v) is 6.36. The summed E-state index contributed by atoms with van der Waals surface area (Å²) in [7, 11) is 0. The van der Waals surface area contributed by atoms with Gasteiger partial charge in [0, 0.05) is 22.6 Å². The van der Waals surface area contributed by atoms with E-state index in [9.17, 15) is 14.0 Å². The van der Waals surface area contributed by atoms with Crippen LogP contribution in [-0.2, 0) is 17.9 Å². The molecule has 2 heterocycles. The molecule has 1 saturated heterocycles. The van der Waals surface area contributed by atoms with Crippen LogP contribution in [0.1, 0.15) is 28.1 Å². The van der Waals surface area contributed by atoms with E-state index >= 15 is 0 Å². The maximum Gasteiger partial charge on any atom is 0.329 e. The molecule has 1 aromatic heterocycles. The lowest BCUT2D eigenvalue weighted by atomic mass is 10.2. The minimum atomic E-state index is -0.431. The Morgan fingerprint density at radius 1 is 0.919 bits per heavy atom. The molecule has 6 nitrogen and oxygen atoms in total. The highest BCUT2D eigenvalue weighted by Crippen LogP contribution is 2.26. The SMILES string of the molecule is Cc1cc(/C=C2/NC(=O)N(Cc3ccccc3)C2=O)c(C)n1-c1ccc(OCc2ccccc2F)cc1. The second-order valence-corrected chi connectivity index (χ2v) is 8.90. The number of nitrogens with one attached hydrogen (secondary N) is 1. The third kappa shape index (κ3) is 5.02. The largest absolute Gasteiger partial charge is 0.489 e. The highest BCUT2D eigenvalue weighted by Gasteiger charge is 2.33. The van der Waals surface area contributed by atoms with Crippen molar-refractivity contribution < 1.29 is 18.7 Å². The molecule has 0 spiro atoms. The molecule has 3 aromatic carbocycles. The van der Waals surface area contributed by atoms with Crippen LogP contribution in [0.25, 0.3) is 11.8 Å². The zero-order chi connectivity index (χ0) is 25.9. The second-order valence-electron chi connectivity index (χ2n) is 8.90. The first-order valence-electron chi connectivity index (χ1n) is 11.9. The van der Waals surface area contributed by atoms with E-state index < -0.39 is 6.03 Å². The number of hydrogen-bond acceptors (Lipinski definition) is 3. The fraction of sp³-hybridized carbons (Fsp3) is 0.133. The number of amides is 3. The molecule has 7 heteroatoms. The summed E-state index contributed by atoms with van der Waals surface area (Å²) in [5.74, 6) is -0.0101. The van der Waals surface area contributed by atoms with Crippen molar-refractivity contribution in [3.8, 4) is 11.4 Å². The van der Waals surface area contributed by atoms with Crippen molar-refractivity contribution in [1.82, 2.24) is 14.8 Å². The Labute approximate surface area is 214 Å². The number of hydrogen-bond donors (Lipinski definition) is 1. The number of halogens is 1. The summed E-state index contributed by atoms with van der Waals surface area (Å²) < 4.78 is 21.7. The van der Waals surface area contributed by atoms with Crippen LogP contribution in [0.3, 0.4) is 0 Å². The van der Waals surface area contributed by atoms with Gasteiger partial charge in [0.1, 0.15) is 23.9 Å².